The van der Waals surface area contributed by atoms with Gasteiger partial charge in [-0.25, -0.2) is 9.37 Å². The van der Waals surface area contributed by atoms with Crippen LogP contribution in [-0.4, -0.2) is 22.2 Å². The van der Waals surface area contributed by atoms with E-state index in [-0.39, 0.29) is 5.46 Å². The lowest BCUT2D eigenvalue weighted by Crippen LogP contribution is -2.33. The van der Waals surface area contributed by atoms with E-state index in [2.05, 4.69) is 20.9 Å². The van der Waals surface area contributed by atoms with Crippen molar-refractivity contribution in [2.75, 3.05) is 0 Å². The van der Waals surface area contributed by atoms with Crippen molar-refractivity contribution in [1.82, 2.24) is 4.98 Å². The highest BCUT2D eigenvalue weighted by molar-refractivity contribution is 9.10. The first-order valence-electron chi connectivity index (χ1n) is 2.78. The Bertz CT molecular complexity index is 271. The van der Waals surface area contributed by atoms with E-state index < -0.39 is 12.9 Å². The highest BCUT2D eigenvalue weighted by Crippen LogP contribution is 2.04. The van der Waals surface area contributed by atoms with Gasteiger partial charge in [-0.05, 0) is 15.9 Å². The highest BCUT2D eigenvalue weighted by Gasteiger charge is 2.16. The van der Waals surface area contributed by atoms with E-state index in [0.29, 0.717) is 4.60 Å². The zero-order chi connectivity index (χ0) is 8.43. The Labute approximate surface area is 71.2 Å². The van der Waals surface area contributed by atoms with Crippen LogP contribution in [0.1, 0.15) is 0 Å². The van der Waals surface area contributed by atoms with E-state index in [4.69, 9.17) is 10.0 Å². The van der Waals surface area contributed by atoms with Crippen LogP contribution in [0.3, 0.4) is 0 Å². The molecule has 0 bridgehead atoms. The van der Waals surface area contributed by atoms with Gasteiger partial charge >= 0.3 is 7.12 Å². The fourth-order valence-corrected chi connectivity index (χ4v) is 0.911. The largest absolute Gasteiger partial charge is 0.493 e. The SMILES string of the molecule is OB(O)c1cnc(Br)cc1F. The van der Waals surface area contributed by atoms with E-state index in [1.807, 2.05) is 0 Å². The number of pyridine rings is 1. The molecule has 58 valence electrons. The van der Waals surface area contributed by atoms with E-state index in [1.165, 1.54) is 0 Å². The molecule has 0 aliphatic rings. The smallest absolute Gasteiger partial charge is 0.423 e. The molecule has 0 spiro atoms. The zero-order valence-corrected chi connectivity index (χ0v) is 6.92. The molecule has 1 aromatic rings. The van der Waals surface area contributed by atoms with Crippen molar-refractivity contribution < 1.29 is 14.4 Å². The molecule has 0 unspecified atom stereocenters. The standard InChI is InChI=1S/C5H4BBrFNO2/c7-5-1-4(8)3(2-9-5)6(10)11/h1-2,10-11H. The van der Waals surface area contributed by atoms with Crippen molar-refractivity contribution in [2.45, 2.75) is 0 Å². The van der Waals surface area contributed by atoms with Crippen LogP contribution in [0.5, 0.6) is 0 Å². The van der Waals surface area contributed by atoms with Crippen molar-refractivity contribution in [3.63, 3.8) is 0 Å². The molecular weight excluding hydrogens is 216 g/mol. The maximum atomic E-state index is 12.7. The Hall–Kier alpha value is -0.455. The van der Waals surface area contributed by atoms with Crippen molar-refractivity contribution >= 4 is 28.5 Å². The topological polar surface area (TPSA) is 53.4 Å². The first kappa shape index (κ1) is 8.64. The van der Waals surface area contributed by atoms with E-state index in [0.717, 1.165) is 12.3 Å². The predicted octanol–water partition coefficient (Wildman–Crippen LogP) is -0.337. The van der Waals surface area contributed by atoms with Crippen LogP contribution in [0.4, 0.5) is 4.39 Å². The van der Waals surface area contributed by atoms with Gasteiger partial charge < -0.3 is 10.0 Å². The lowest BCUT2D eigenvalue weighted by molar-refractivity contribution is 0.422. The molecule has 2 N–H and O–H groups in total. The summed E-state index contributed by atoms with van der Waals surface area (Å²) in [5.74, 6) is -0.693. The monoisotopic (exact) mass is 219 g/mol. The van der Waals surface area contributed by atoms with Gasteiger partial charge in [-0.15, -0.1) is 0 Å². The van der Waals surface area contributed by atoms with Gasteiger partial charge in [0.15, 0.2) is 0 Å². The minimum atomic E-state index is -1.81. The van der Waals surface area contributed by atoms with Crippen LogP contribution in [0, 0.1) is 5.82 Å². The van der Waals surface area contributed by atoms with Crippen LogP contribution in [-0.2, 0) is 0 Å². The molecule has 0 saturated heterocycles. The Kier molecular flexibility index (Phi) is 2.59. The van der Waals surface area contributed by atoms with E-state index in [1.54, 1.807) is 0 Å². The van der Waals surface area contributed by atoms with Crippen molar-refractivity contribution in [3.05, 3.63) is 22.7 Å². The second-order valence-electron chi connectivity index (χ2n) is 1.90. The molecule has 3 nitrogen and oxygen atoms in total. The summed E-state index contributed by atoms with van der Waals surface area (Å²) >= 11 is 2.93. The first-order chi connectivity index (χ1) is 5.11. The molecule has 0 radical (unpaired) electrons. The molecule has 0 aliphatic heterocycles. The van der Waals surface area contributed by atoms with Crippen molar-refractivity contribution in [1.29, 1.82) is 0 Å². The fraction of sp³-hybridized carbons (Fsp3) is 0. The lowest BCUT2D eigenvalue weighted by atomic mass is 9.81. The van der Waals surface area contributed by atoms with Gasteiger partial charge in [-0.2, -0.15) is 0 Å². The van der Waals surface area contributed by atoms with Gasteiger partial charge in [-0.3, -0.25) is 0 Å². The third-order valence-electron chi connectivity index (χ3n) is 1.13. The second-order valence-corrected chi connectivity index (χ2v) is 2.71. The summed E-state index contributed by atoms with van der Waals surface area (Å²) in [6.07, 6.45) is 1.06. The molecule has 0 saturated carbocycles. The van der Waals surface area contributed by atoms with Crippen molar-refractivity contribution in [3.8, 4) is 0 Å². The minimum absolute atomic E-state index is 0.229. The van der Waals surface area contributed by atoms with Gasteiger partial charge in [0, 0.05) is 17.7 Å². The van der Waals surface area contributed by atoms with Crippen LogP contribution >= 0.6 is 15.9 Å². The van der Waals surface area contributed by atoms with E-state index >= 15 is 0 Å². The van der Waals surface area contributed by atoms with Gasteiger partial charge in [0.1, 0.15) is 10.4 Å². The first-order valence-corrected chi connectivity index (χ1v) is 3.57. The number of aromatic nitrogens is 1. The summed E-state index contributed by atoms with van der Waals surface area (Å²) < 4.78 is 13.0. The molecule has 0 aliphatic carbocycles. The molecule has 0 fully saturated rings. The normalized spacial score (nSPS) is 9.82. The molecule has 0 atom stereocenters. The average Bonchev–Trinajstić information content (AvgIpc) is 1.85. The van der Waals surface area contributed by atoms with Crippen LogP contribution in [0.15, 0.2) is 16.9 Å². The summed E-state index contributed by atoms with van der Waals surface area (Å²) in [5.41, 5.74) is -0.229. The summed E-state index contributed by atoms with van der Waals surface area (Å²) in [6.45, 7) is 0. The van der Waals surface area contributed by atoms with Gasteiger partial charge in [0.05, 0.1) is 0 Å². The molecule has 1 rings (SSSR count). The highest BCUT2D eigenvalue weighted by atomic mass is 79.9. The minimum Gasteiger partial charge on any atom is -0.423 e. The maximum absolute atomic E-state index is 12.7. The van der Waals surface area contributed by atoms with Gasteiger partial charge in [-0.1, -0.05) is 0 Å². The predicted molar refractivity (Wildman–Crippen MR) is 41.7 cm³/mol. The molecule has 1 aromatic heterocycles. The number of halogens is 2. The molecule has 0 amide bonds. The van der Waals surface area contributed by atoms with Gasteiger partial charge in [0.2, 0.25) is 0 Å². The number of rotatable bonds is 1. The Balaban J connectivity index is 3.09. The van der Waals surface area contributed by atoms with Gasteiger partial charge in [0.25, 0.3) is 0 Å². The molecule has 11 heavy (non-hydrogen) atoms. The number of hydrogen-bond donors (Lipinski definition) is 2. The molecule has 1 heterocycles. The van der Waals surface area contributed by atoms with E-state index in [9.17, 15) is 4.39 Å². The van der Waals surface area contributed by atoms with Crippen LogP contribution in [0.2, 0.25) is 0 Å². The lowest BCUT2D eigenvalue weighted by Gasteiger charge is -1.99. The Morgan fingerprint density at radius 2 is 2.18 bits per heavy atom. The zero-order valence-electron chi connectivity index (χ0n) is 5.33. The maximum Gasteiger partial charge on any atom is 0.493 e. The number of nitrogens with zero attached hydrogens (tertiary/aromatic N) is 1. The summed E-state index contributed by atoms with van der Waals surface area (Å²) in [4.78, 5) is 3.62. The third kappa shape index (κ3) is 1.98. The fourth-order valence-electron chi connectivity index (χ4n) is 0.608. The van der Waals surface area contributed by atoms with Crippen LogP contribution in [0.25, 0.3) is 0 Å². The van der Waals surface area contributed by atoms with Crippen molar-refractivity contribution in [2.24, 2.45) is 0 Å². The molecule has 0 aromatic carbocycles. The average molecular weight is 220 g/mol. The molecular formula is C5H4BBrFNO2. The Morgan fingerprint density at radius 3 is 2.64 bits per heavy atom. The molecule has 6 heteroatoms. The Morgan fingerprint density at radius 1 is 1.55 bits per heavy atom. The third-order valence-corrected chi connectivity index (χ3v) is 1.56. The number of hydrogen-bond acceptors (Lipinski definition) is 3. The summed E-state index contributed by atoms with van der Waals surface area (Å²) in [7, 11) is -1.81. The summed E-state index contributed by atoms with van der Waals surface area (Å²) in [6, 6.07) is 1.06. The van der Waals surface area contributed by atoms with Crippen LogP contribution < -0.4 is 5.46 Å². The summed E-state index contributed by atoms with van der Waals surface area (Å²) in [5, 5.41) is 17.1. The quantitative estimate of drug-likeness (QED) is 0.502. The second kappa shape index (κ2) is 3.29.